The average Bonchev–Trinajstić information content (AvgIpc) is 3.37. The predicted octanol–water partition coefficient (Wildman–Crippen LogP) is 7.43. The molecule has 3 N–H and O–H groups in total. The number of H-pyrrole nitrogens is 3. The van der Waals surface area contributed by atoms with Crippen LogP contribution >= 0.6 is 7.82 Å². The van der Waals surface area contributed by atoms with Crippen LogP contribution in [0.25, 0.3) is 33.1 Å². The summed E-state index contributed by atoms with van der Waals surface area (Å²) in [6.07, 6.45) is 19.3. The first kappa shape index (κ1) is 61.3. The molecule has 0 unspecified atom stereocenters. The molecular weight excluding hydrogens is 1180 g/mol. The van der Waals surface area contributed by atoms with Gasteiger partial charge < -0.3 is 29.7 Å². The fourth-order valence-corrected chi connectivity index (χ4v) is 22.2. The normalized spacial score (nSPS) is 27.4. The fourth-order valence-electron chi connectivity index (χ4n) is 14.6. The zero-order valence-corrected chi connectivity index (χ0v) is 52.9. The molecule has 6 aromatic heterocycles. The number of nitrogens with one attached hydrogen (secondary N) is 3. The van der Waals surface area contributed by atoms with Crippen molar-refractivity contribution in [3.8, 4) is 0 Å². The topological polar surface area (TPSA) is 291 Å². The molecule has 3 saturated heterocycles. The zero-order valence-electron chi connectivity index (χ0n) is 49.6. The molecule has 0 radical (unpaired) electrons. The largest absolute Gasteiger partial charge is 0.475 e. The molecule has 0 spiro atoms. The van der Waals surface area contributed by atoms with Crippen molar-refractivity contribution in [1.29, 1.82) is 0 Å². The molecule has 3 saturated carbocycles. The van der Waals surface area contributed by atoms with Gasteiger partial charge in [0.25, 0.3) is 0 Å². The molecule has 3 aliphatic carbocycles. The second kappa shape index (κ2) is 25.9. The summed E-state index contributed by atoms with van der Waals surface area (Å²) in [5.74, 6) is 2.30. The number of nitrogens with zero attached hydrogens (tertiary/aromatic N) is 12. The molecule has 86 heavy (non-hydrogen) atoms. The van der Waals surface area contributed by atoms with Gasteiger partial charge in [0.05, 0.1) is 51.7 Å². The number of aromatic amines is 3. The van der Waals surface area contributed by atoms with E-state index in [1.54, 1.807) is 19.0 Å². The van der Waals surface area contributed by atoms with Crippen molar-refractivity contribution >= 4 is 88.4 Å². The lowest BCUT2D eigenvalue weighted by Gasteiger charge is -2.39. The van der Waals surface area contributed by atoms with Crippen LogP contribution in [0.15, 0.2) is 55.8 Å². The van der Waals surface area contributed by atoms with E-state index in [9.17, 15) is 25.3 Å². The fraction of sp³-hybridized carbons (Fsp3) is 0.684. The Kier molecular flexibility index (Phi) is 18.5. The van der Waals surface area contributed by atoms with Crippen molar-refractivity contribution < 1.29 is 43.4 Å². The van der Waals surface area contributed by atoms with E-state index < -0.39 is 56.2 Å². The highest BCUT2D eigenvalue weighted by Gasteiger charge is 2.45. The van der Waals surface area contributed by atoms with Crippen molar-refractivity contribution in [3.63, 3.8) is 0 Å². The molecule has 6 aliphatic rings. The lowest BCUT2D eigenvalue weighted by molar-refractivity contribution is -0.00246. The van der Waals surface area contributed by atoms with Gasteiger partial charge >= 0.3 is 7.82 Å². The Balaban J connectivity index is 0.689. The van der Waals surface area contributed by atoms with Crippen LogP contribution in [-0.4, -0.2) is 197 Å². The van der Waals surface area contributed by atoms with E-state index in [4.69, 9.17) is 13.6 Å². The van der Waals surface area contributed by atoms with E-state index in [0.717, 1.165) is 128 Å². The molecule has 470 valence electrons. The molecule has 0 aromatic carbocycles. The van der Waals surface area contributed by atoms with Gasteiger partial charge in [-0.3, -0.25) is 13.6 Å². The van der Waals surface area contributed by atoms with Gasteiger partial charge in [-0.25, -0.2) is 59.7 Å². The van der Waals surface area contributed by atoms with Gasteiger partial charge in [0.2, 0.25) is 30.1 Å². The lowest BCUT2D eigenvalue weighted by atomic mass is 9.86. The minimum Gasteiger partial charge on any atom is -0.356 e. The summed E-state index contributed by atoms with van der Waals surface area (Å²) in [6, 6.07) is 6.47. The number of hydrogen-bond acceptors (Lipinski definition) is 19. The number of phosphoric acid groups is 1. The van der Waals surface area contributed by atoms with Crippen molar-refractivity contribution in [1.82, 2.24) is 57.8 Å². The third kappa shape index (κ3) is 13.8. The monoisotopic (exact) mass is 1270 g/mol. The van der Waals surface area contributed by atoms with Crippen molar-refractivity contribution in [2.24, 2.45) is 17.8 Å². The van der Waals surface area contributed by atoms with Crippen LogP contribution in [0.3, 0.4) is 0 Å². The lowest BCUT2D eigenvalue weighted by Crippen LogP contribution is -2.47. The summed E-state index contributed by atoms with van der Waals surface area (Å²) in [4.78, 5) is 42.7. The number of phosphoric ester groups is 1. The Morgan fingerprint density at radius 1 is 0.442 bits per heavy atom. The first-order valence-corrected chi connectivity index (χ1v) is 37.3. The summed E-state index contributed by atoms with van der Waals surface area (Å²) in [5, 5.41) is 2.82. The van der Waals surface area contributed by atoms with Crippen LogP contribution in [0.4, 0.5) is 17.5 Å². The van der Waals surface area contributed by atoms with Crippen molar-refractivity contribution in [2.45, 2.75) is 152 Å². The second-order valence-electron chi connectivity index (χ2n) is 25.1. The highest BCUT2D eigenvalue weighted by molar-refractivity contribution is 7.89. The Bertz CT molecular complexity index is 3310. The molecule has 3 atom stereocenters. The number of piperidine rings is 3. The summed E-state index contributed by atoms with van der Waals surface area (Å²) in [5.41, 5.74) is 2.30. The van der Waals surface area contributed by atoms with E-state index in [1.165, 1.54) is 12.9 Å². The molecule has 29 heteroatoms. The summed E-state index contributed by atoms with van der Waals surface area (Å²) in [7, 11) is -9.89. The predicted molar refractivity (Wildman–Crippen MR) is 330 cm³/mol. The Morgan fingerprint density at radius 2 is 0.721 bits per heavy atom. The average molecular weight is 1270 g/mol. The smallest absolute Gasteiger partial charge is 0.356 e. The molecule has 3 aliphatic heterocycles. The van der Waals surface area contributed by atoms with Crippen LogP contribution < -0.4 is 14.7 Å². The second-order valence-corrected chi connectivity index (χ2v) is 32.7. The number of aromatic nitrogens is 9. The van der Waals surface area contributed by atoms with E-state index >= 15 is 4.57 Å². The van der Waals surface area contributed by atoms with Crippen LogP contribution in [0.5, 0.6) is 0 Å². The Morgan fingerprint density at radius 3 is 1.00 bits per heavy atom. The first-order chi connectivity index (χ1) is 41.4. The maximum Gasteiger partial charge on any atom is 0.475 e. The number of anilines is 3. The van der Waals surface area contributed by atoms with E-state index in [2.05, 4.69) is 59.6 Å². The van der Waals surface area contributed by atoms with Gasteiger partial charge in [-0.15, -0.1) is 0 Å². The SMILES string of the molecule is CN(c1ncnc2[nH]ccc12)[C@H]1CC[C@H](CS(=O)(=O)N2CCC[C@@H](OP(=O)(O[C@@H]3CCCN(S(=O)(=O)C[C@H]4CC[C@H](N(C)c5ncnc6[nH]ccc56)CC4)C3)O[C@@H]3CCCN(S(=O)(=O)C[C@H]4CC[C@H](N(C)c5ncnc6[nH]ccc56)CC4)C3)C2)CC1. The molecule has 12 rings (SSSR count). The van der Waals surface area contributed by atoms with Crippen LogP contribution in [0.2, 0.25) is 0 Å². The summed E-state index contributed by atoms with van der Waals surface area (Å²) < 4.78 is 125. The molecule has 9 heterocycles. The minimum atomic E-state index is -4.64. The summed E-state index contributed by atoms with van der Waals surface area (Å²) in [6.45, 7) is 0.670. The van der Waals surface area contributed by atoms with Crippen molar-refractivity contribution in [2.75, 3.05) is 92.4 Å². The van der Waals surface area contributed by atoms with E-state index in [1.807, 2.05) is 57.9 Å². The molecule has 6 aromatic rings. The highest BCUT2D eigenvalue weighted by atomic mass is 32.2. The van der Waals surface area contributed by atoms with Gasteiger partial charge in [0.1, 0.15) is 53.4 Å². The number of rotatable bonds is 21. The third-order valence-corrected chi connectivity index (χ3v) is 27.2. The molecular formula is C57H84N15O10PS3. The molecule has 0 amide bonds. The first-order valence-electron chi connectivity index (χ1n) is 31.0. The van der Waals surface area contributed by atoms with Crippen LogP contribution in [0.1, 0.15) is 116 Å². The van der Waals surface area contributed by atoms with Gasteiger partial charge in [-0.1, -0.05) is 0 Å². The number of sulfonamides is 3. The van der Waals surface area contributed by atoms with Crippen LogP contribution in [-0.2, 0) is 48.2 Å². The Hall–Kier alpha value is -4.90. The van der Waals surface area contributed by atoms with Crippen LogP contribution in [0, 0.1) is 17.8 Å². The highest BCUT2D eigenvalue weighted by Crippen LogP contribution is 2.55. The molecule has 6 fully saturated rings. The summed E-state index contributed by atoms with van der Waals surface area (Å²) >= 11 is 0. The molecule has 0 bridgehead atoms. The van der Waals surface area contributed by atoms with Gasteiger partial charge in [-0.2, -0.15) is 12.9 Å². The maximum atomic E-state index is 15.6. The minimum absolute atomic E-state index is 0.0209. The Labute approximate surface area is 504 Å². The number of hydrogen-bond donors (Lipinski definition) is 3. The van der Waals surface area contributed by atoms with E-state index in [-0.39, 0.29) is 92.4 Å². The number of fused-ring (bicyclic) bond motifs is 3. The van der Waals surface area contributed by atoms with E-state index in [0.29, 0.717) is 38.5 Å². The quantitative estimate of drug-likeness (QED) is 0.0590. The van der Waals surface area contributed by atoms with Crippen molar-refractivity contribution in [3.05, 3.63) is 55.8 Å². The molecule has 25 nitrogen and oxygen atoms in total. The maximum absolute atomic E-state index is 15.6. The van der Waals surface area contributed by atoms with Gasteiger partial charge in [0.15, 0.2) is 0 Å². The third-order valence-electron chi connectivity index (χ3n) is 19.5. The van der Waals surface area contributed by atoms with Gasteiger partial charge in [-0.05, 0) is 152 Å². The van der Waals surface area contributed by atoms with Gasteiger partial charge in [0, 0.05) is 97.1 Å². The standard InChI is InChI=1S/C57H84N15O10PS3/c1-67(55-49-22-25-58-52(49)61-37-64-55)43-16-10-40(11-17-43)34-84(74,75)70-28-4-7-46(31-70)80-83(73,81-47-8-5-29-71(32-47)85(76,77)35-41-12-18-44(19-13-41)68(2)56-50-23-26-59-53(50)62-38-65-56)82-48-9-6-30-72(33-48)86(78,79)36-42-14-20-45(21-15-42)69(3)57-51-24-27-60-54(51)63-39-66-57/h22-27,37-48H,4-21,28-36H2,1-3H3,(H,58,61,64)(H,59,62,65)(H,60,63,66)/t40-,41-,42-,43-,44-,45-,46-,47-,48-/m1/s1. The zero-order chi connectivity index (χ0) is 59.8.